The van der Waals surface area contributed by atoms with Crippen LogP contribution in [0.2, 0.25) is 5.02 Å². The number of hydrogen-bond acceptors (Lipinski definition) is 6. The molecule has 2 aliphatic heterocycles. The highest BCUT2D eigenvalue weighted by molar-refractivity contribution is 6.30. The van der Waals surface area contributed by atoms with E-state index in [-0.39, 0.29) is 17.7 Å². The number of anilines is 1. The summed E-state index contributed by atoms with van der Waals surface area (Å²) in [4.78, 5) is 33.7. The molecule has 3 heterocycles. The van der Waals surface area contributed by atoms with Gasteiger partial charge in [-0.3, -0.25) is 14.5 Å². The Morgan fingerprint density at radius 1 is 1.09 bits per heavy atom. The lowest BCUT2D eigenvalue weighted by atomic mass is 9.89. The molecular weight excluding hydrogens is 454 g/mol. The molecule has 0 aliphatic carbocycles. The number of aromatic nitrogens is 2. The van der Waals surface area contributed by atoms with Crippen molar-refractivity contribution in [3.8, 4) is 11.4 Å². The largest absolute Gasteiger partial charge is 0.340 e. The van der Waals surface area contributed by atoms with Crippen LogP contribution in [0.5, 0.6) is 0 Å². The summed E-state index contributed by atoms with van der Waals surface area (Å²) in [6.07, 6.45) is 1.63. The number of rotatable bonds is 6. The first-order chi connectivity index (χ1) is 16.5. The SMILES string of the molecule is O=C1Nc2ccccc2CC1CCC(=O)N1CCN(Cc2nc(-c3ccc(Cl)cc3)no2)CC1. The maximum Gasteiger partial charge on any atom is 0.241 e. The van der Waals surface area contributed by atoms with E-state index in [1.165, 1.54) is 0 Å². The van der Waals surface area contributed by atoms with E-state index in [4.69, 9.17) is 16.1 Å². The molecular formula is C25H26ClN5O3. The Hall–Kier alpha value is -3.23. The molecule has 1 saturated heterocycles. The second-order valence-corrected chi connectivity index (χ2v) is 9.20. The minimum Gasteiger partial charge on any atom is -0.340 e. The van der Waals surface area contributed by atoms with Gasteiger partial charge in [0.05, 0.1) is 6.54 Å². The highest BCUT2D eigenvalue weighted by Crippen LogP contribution is 2.28. The molecule has 9 heteroatoms. The van der Waals surface area contributed by atoms with Crippen LogP contribution in [-0.2, 0) is 22.6 Å². The van der Waals surface area contributed by atoms with Crippen LogP contribution < -0.4 is 5.32 Å². The molecule has 8 nitrogen and oxygen atoms in total. The maximum absolute atomic E-state index is 12.8. The number of para-hydroxylation sites is 1. The monoisotopic (exact) mass is 479 g/mol. The normalized spacial score (nSPS) is 18.4. The number of halogens is 1. The Morgan fingerprint density at radius 3 is 2.65 bits per heavy atom. The molecule has 1 unspecified atom stereocenters. The van der Waals surface area contributed by atoms with Crippen molar-refractivity contribution < 1.29 is 14.1 Å². The second kappa shape index (κ2) is 9.95. The molecule has 2 aliphatic rings. The van der Waals surface area contributed by atoms with Crippen molar-refractivity contribution in [3.05, 3.63) is 65.0 Å². The van der Waals surface area contributed by atoms with Crippen LogP contribution in [-0.4, -0.2) is 57.9 Å². The smallest absolute Gasteiger partial charge is 0.241 e. The third-order valence-electron chi connectivity index (χ3n) is 6.47. The van der Waals surface area contributed by atoms with Gasteiger partial charge in [-0.1, -0.05) is 35.0 Å². The summed E-state index contributed by atoms with van der Waals surface area (Å²) in [5.41, 5.74) is 2.87. The first-order valence-electron chi connectivity index (χ1n) is 11.5. The van der Waals surface area contributed by atoms with Gasteiger partial charge in [-0.2, -0.15) is 4.98 Å². The van der Waals surface area contributed by atoms with E-state index in [2.05, 4.69) is 20.4 Å². The molecule has 2 amide bonds. The summed E-state index contributed by atoms with van der Waals surface area (Å²) in [6.45, 7) is 3.32. The lowest BCUT2D eigenvalue weighted by Gasteiger charge is -2.34. The number of fused-ring (bicyclic) bond motifs is 1. The highest BCUT2D eigenvalue weighted by atomic mass is 35.5. The summed E-state index contributed by atoms with van der Waals surface area (Å²) >= 11 is 5.93. The van der Waals surface area contributed by atoms with Crippen molar-refractivity contribution in [1.29, 1.82) is 0 Å². The fourth-order valence-corrected chi connectivity index (χ4v) is 4.61. The molecule has 0 radical (unpaired) electrons. The Bertz CT molecular complexity index is 1170. The van der Waals surface area contributed by atoms with Crippen LogP contribution in [0.25, 0.3) is 11.4 Å². The highest BCUT2D eigenvalue weighted by Gasteiger charge is 2.28. The summed E-state index contributed by atoms with van der Waals surface area (Å²) in [6, 6.07) is 15.1. The van der Waals surface area contributed by atoms with E-state index < -0.39 is 0 Å². The number of carbonyl (C=O) groups excluding carboxylic acids is 2. The summed E-state index contributed by atoms with van der Waals surface area (Å²) in [5, 5.41) is 7.68. The maximum atomic E-state index is 12.8. The lowest BCUT2D eigenvalue weighted by Crippen LogP contribution is -2.48. The number of nitrogens with one attached hydrogen (secondary N) is 1. The van der Waals surface area contributed by atoms with E-state index in [1.807, 2.05) is 41.3 Å². The Morgan fingerprint density at radius 2 is 1.85 bits per heavy atom. The average molecular weight is 480 g/mol. The van der Waals surface area contributed by atoms with Gasteiger partial charge in [-0.25, -0.2) is 0 Å². The number of nitrogens with zero attached hydrogens (tertiary/aromatic N) is 4. The third kappa shape index (κ3) is 5.13. The average Bonchev–Trinajstić information content (AvgIpc) is 3.32. The van der Waals surface area contributed by atoms with Crippen LogP contribution in [0.4, 0.5) is 5.69 Å². The lowest BCUT2D eigenvalue weighted by molar-refractivity contribution is -0.133. The number of hydrogen-bond donors (Lipinski definition) is 1. The minimum absolute atomic E-state index is 0.00819. The molecule has 5 rings (SSSR count). The standard InChI is InChI=1S/C25H26ClN5O3/c26-20-8-5-17(6-9-20)24-28-22(34-29-24)16-30-11-13-31(14-12-30)23(32)10-7-19-15-18-3-1-2-4-21(18)27-25(19)33/h1-6,8-9,19H,7,10-16H2,(H,27,33). The number of amides is 2. The molecule has 0 spiro atoms. The van der Waals surface area contributed by atoms with Crippen LogP contribution in [0, 0.1) is 5.92 Å². The Balaban J connectivity index is 1.08. The van der Waals surface area contributed by atoms with E-state index in [0.29, 0.717) is 55.6 Å². The Kier molecular flexibility index (Phi) is 6.60. The van der Waals surface area contributed by atoms with Crippen molar-refractivity contribution in [2.75, 3.05) is 31.5 Å². The zero-order chi connectivity index (χ0) is 23.5. The minimum atomic E-state index is -0.160. The number of piperazine rings is 1. The molecule has 176 valence electrons. The second-order valence-electron chi connectivity index (χ2n) is 8.76. The van der Waals surface area contributed by atoms with Gasteiger partial charge in [0, 0.05) is 54.8 Å². The summed E-state index contributed by atoms with van der Waals surface area (Å²) in [5.74, 6) is 1.04. The van der Waals surface area contributed by atoms with Crippen LogP contribution in [0.1, 0.15) is 24.3 Å². The molecule has 1 aromatic heterocycles. The van der Waals surface area contributed by atoms with Gasteiger partial charge in [0.15, 0.2) is 0 Å². The first-order valence-corrected chi connectivity index (χ1v) is 11.9. The molecule has 1 atom stereocenters. The summed E-state index contributed by atoms with van der Waals surface area (Å²) in [7, 11) is 0. The van der Waals surface area contributed by atoms with E-state index >= 15 is 0 Å². The van der Waals surface area contributed by atoms with Gasteiger partial charge >= 0.3 is 0 Å². The first kappa shape index (κ1) is 22.6. The van der Waals surface area contributed by atoms with Gasteiger partial charge in [0.2, 0.25) is 23.5 Å². The van der Waals surface area contributed by atoms with E-state index in [1.54, 1.807) is 12.1 Å². The molecule has 1 N–H and O–H groups in total. The van der Waals surface area contributed by atoms with Crippen molar-refractivity contribution in [3.63, 3.8) is 0 Å². The van der Waals surface area contributed by atoms with Gasteiger partial charge in [-0.05, 0) is 48.7 Å². The number of benzene rings is 2. The molecule has 3 aromatic rings. The quantitative estimate of drug-likeness (QED) is 0.580. The predicted octanol–water partition coefficient (Wildman–Crippen LogP) is 3.63. The third-order valence-corrected chi connectivity index (χ3v) is 6.73. The van der Waals surface area contributed by atoms with Gasteiger partial charge in [-0.15, -0.1) is 0 Å². The zero-order valence-electron chi connectivity index (χ0n) is 18.7. The Labute approximate surface area is 202 Å². The van der Waals surface area contributed by atoms with Crippen molar-refractivity contribution >= 4 is 29.1 Å². The molecule has 2 aromatic carbocycles. The van der Waals surface area contributed by atoms with Crippen LogP contribution in [0.3, 0.4) is 0 Å². The topological polar surface area (TPSA) is 91.6 Å². The van der Waals surface area contributed by atoms with E-state index in [9.17, 15) is 9.59 Å². The fourth-order valence-electron chi connectivity index (χ4n) is 4.48. The van der Waals surface area contributed by atoms with Gasteiger partial charge in [0.25, 0.3) is 0 Å². The van der Waals surface area contributed by atoms with Crippen molar-refractivity contribution in [2.24, 2.45) is 5.92 Å². The molecule has 34 heavy (non-hydrogen) atoms. The zero-order valence-corrected chi connectivity index (χ0v) is 19.5. The summed E-state index contributed by atoms with van der Waals surface area (Å²) < 4.78 is 5.41. The molecule has 0 saturated carbocycles. The van der Waals surface area contributed by atoms with Crippen molar-refractivity contribution in [2.45, 2.75) is 25.8 Å². The van der Waals surface area contributed by atoms with Gasteiger partial charge < -0.3 is 14.7 Å². The van der Waals surface area contributed by atoms with Gasteiger partial charge in [0.1, 0.15) is 0 Å². The predicted molar refractivity (Wildman–Crippen MR) is 128 cm³/mol. The van der Waals surface area contributed by atoms with Crippen molar-refractivity contribution in [1.82, 2.24) is 19.9 Å². The molecule has 0 bridgehead atoms. The molecule has 1 fully saturated rings. The number of carbonyl (C=O) groups is 2. The van der Waals surface area contributed by atoms with Crippen LogP contribution >= 0.6 is 11.6 Å². The van der Waals surface area contributed by atoms with E-state index in [0.717, 1.165) is 29.9 Å². The van der Waals surface area contributed by atoms with Crippen LogP contribution in [0.15, 0.2) is 53.1 Å². The fraction of sp³-hybridized carbons (Fsp3) is 0.360.